The van der Waals surface area contributed by atoms with Crippen molar-refractivity contribution in [2.24, 2.45) is 10.7 Å². The number of ether oxygens (including phenoxy) is 2. The molecule has 0 saturated carbocycles. The summed E-state index contributed by atoms with van der Waals surface area (Å²) in [6, 6.07) is 6.39. The van der Waals surface area contributed by atoms with Crippen LogP contribution in [0.5, 0.6) is 5.75 Å². The first-order valence-corrected chi connectivity index (χ1v) is 8.55. The molecule has 10 heteroatoms. The Morgan fingerprint density at radius 1 is 1.30 bits per heavy atom. The van der Waals surface area contributed by atoms with E-state index in [0.29, 0.717) is 12.5 Å². The fourth-order valence-corrected chi connectivity index (χ4v) is 2.48. The Balaban J connectivity index is 0.00000364. The number of nitrogens with one attached hydrogen (secondary N) is 1. The molecule has 0 radical (unpaired) electrons. The van der Waals surface area contributed by atoms with Gasteiger partial charge in [-0.05, 0) is 30.7 Å². The minimum absolute atomic E-state index is 0. The van der Waals surface area contributed by atoms with Crippen molar-refractivity contribution in [2.75, 3.05) is 46.0 Å². The van der Waals surface area contributed by atoms with Crippen molar-refractivity contribution in [2.45, 2.75) is 19.1 Å². The number of nitrogens with zero attached hydrogens (tertiary/aromatic N) is 2. The fourth-order valence-electron chi connectivity index (χ4n) is 2.48. The average molecular weight is 502 g/mol. The van der Waals surface area contributed by atoms with Gasteiger partial charge in [-0.15, -0.1) is 24.0 Å². The summed E-state index contributed by atoms with van der Waals surface area (Å²) in [6.45, 7) is 4.11. The van der Waals surface area contributed by atoms with E-state index in [1.165, 1.54) is 12.1 Å². The number of morpholine rings is 1. The topological polar surface area (TPSA) is 72.1 Å². The maximum atomic E-state index is 12.2. The van der Waals surface area contributed by atoms with Crippen LogP contribution in [0.3, 0.4) is 0 Å². The molecular weight excluding hydrogens is 476 g/mol. The van der Waals surface area contributed by atoms with Crippen LogP contribution < -0.4 is 15.8 Å². The third kappa shape index (κ3) is 10.6. The van der Waals surface area contributed by atoms with E-state index in [-0.39, 0.29) is 36.3 Å². The molecule has 1 aromatic rings. The van der Waals surface area contributed by atoms with Crippen molar-refractivity contribution in [3.05, 3.63) is 29.8 Å². The lowest BCUT2D eigenvalue weighted by atomic mass is 10.2. The minimum Gasteiger partial charge on any atom is -0.484 e. The SMILES string of the molecule is I.NC(=NCc1cccc(OCC(F)(F)F)c1)NCCCN1CCOCC1. The van der Waals surface area contributed by atoms with Crippen molar-refractivity contribution >= 4 is 29.9 Å². The lowest BCUT2D eigenvalue weighted by molar-refractivity contribution is -0.153. The zero-order valence-electron chi connectivity index (χ0n) is 15.0. The number of alkyl halides is 3. The Morgan fingerprint density at radius 3 is 2.74 bits per heavy atom. The summed E-state index contributed by atoms with van der Waals surface area (Å²) < 4.78 is 46.6. The molecule has 2 rings (SSSR count). The molecule has 27 heavy (non-hydrogen) atoms. The predicted octanol–water partition coefficient (Wildman–Crippen LogP) is 2.37. The molecule has 1 saturated heterocycles. The molecule has 1 heterocycles. The molecule has 1 aromatic carbocycles. The first-order chi connectivity index (χ1) is 12.4. The Morgan fingerprint density at radius 2 is 2.04 bits per heavy atom. The lowest BCUT2D eigenvalue weighted by Gasteiger charge is -2.26. The Bertz CT molecular complexity index is 582. The molecule has 1 aliphatic rings. The Hall–Kier alpha value is -1.27. The van der Waals surface area contributed by atoms with E-state index in [1.54, 1.807) is 12.1 Å². The molecule has 0 aliphatic carbocycles. The zero-order chi connectivity index (χ0) is 18.8. The maximum Gasteiger partial charge on any atom is 0.422 e. The molecule has 0 aromatic heterocycles. The molecular formula is C17H26F3IN4O2. The molecule has 3 N–H and O–H groups in total. The molecule has 0 spiro atoms. The number of benzene rings is 1. The number of rotatable bonds is 8. The highest BCUT2D eigenvalue weighted by Crippen LogP contribution is 2.19. The van der Waals surface area contributed by atoms with Gasteiger partial charge in [-0.1, -0.05) is 12.1 Å². The van der Waals surface area contributed by atoms with Gasteiger partial charge in [-0.2, -0.15) is 13.2 Å². The van der Waals surface area contributed by atoms with Gasteiger partial charge in [-0.3, -0.25) is 4.90 Å². The number of hydrogen-bond acceptors (Lipinski definition) is 4. The van der Waals surface area contributed by atoms with Crippen LogP contribution in [-0.4, -0.2) is 63.0 Å². The second-order valence-corrected chi connectivity index (χ2v) is 5.99. The Labute approximate surface area is 174 Å². The summed E-state index contributed by atoms with van der Waals surface area (Å²) in [5, 5.41) is 3.04. The number of nitrogens with two attached hydrogens (primary N) is 1. The van der Waals surface area contributed by atoms with Gasteiger partial charge in [0.25, 0.3) is 0 Å². The van der Waals surface area contributed by atoms with Gasteiger partial charge < -0.3 is 20.5 Å². The van der Waals surface area contributed by atoms with Crippen LogP contribution in [0.4, 0.5) is 13.2 Å². The largest absolute Gasteiger partial charge is 0.484 e. The molecule has 1 aliphatic heterocycles. The summed E-state index contributed by atoms with van der Waals surface area (Å²) in [5.74, 6) is 0.473. The van der Waals surface area contributed by atoms with Crippen molar-refractivity contribution in [1.82, 2.24) is 10.2 Å². The van der Waals surface area contributed by atoms with Crippen LogP contribution in [0.15, 0.2) is 29.3 Å². The molecule has 1 fully saturated rings. The van der Waals surface area contributed by atoms with Crippen molar-refractivity contribution in [3.8, 4) is 5.75 Å². The number of hydrogen-bond donors (Lipinski definition) is 2. The lowest BCUT2D eigenvalue weighted by Crippen LogP contribution is -2.39. The van der Waals surface area contributed by atoms with Gasteiger partial charge >= 0.3 is 6.18 Å². The second-order valence-electron chi connectivity index (χ2n) is 5.99. The molecule has 6 nitrogen and oxygen atoms in total. The highest BCUT2D eigenvalue weighted by molar-refractivity contribution is 14.0. The van der Waals surface area contributed by atoms with Crippen LogP contribution in [0.1, 0.15) is 12.0 Å². The van der Waals surface area contributed by atoms with Crippen LogP contribution in [-0.2, 0) is 11.3 Å². The number of guanidine groups is 1. The zero-order valence-corrected chi connectivity index (χ0v) is 17.3. The van der Waals surface area contributed by atoms with Crippen LogP contribution >= 0.6 is 24.0 Å². The standard InChI is InChI=1S/C17H25F3N4O2.HI/c18-17(19,20)13-26-15-4-1-3-14(11-15)12-23-16(21)22-5-2-6-24-7-9-25-10-8-24;/h1,3-4,11H,2,5-10,12-13H2,(H3,21,22,23);1H. The van der Waals surface area contributed by atoms with Crippen LogP contribution in [0, 0.1) is 0 Å². The third-order valence-corrected chi connectivity index (χ3v) is 3.79. The van der Waals surface area contributed by atoms with Gasteiger partial charge in [0.2, 0.25) is 0 Å². The summed E-state index contributed by atoms with van der Waals surface area (Å²) >= 11 is 0. The van der Waals surface area contributed by atoms with Crippen molar-refractivity contribution in [3.63, 3.8) is 0 Å². The van der Waals surface area contributed by atoms with Gasteiger partial charge in [0.15, 0.2) is 12.6 Å². The van der Waals surface area contributed by atoms with Crippen LogP contribution in [0.25, 0.3) is 0 Å². The van der Waals surface area contributed by atoms with E-state index in [2.05, 4.69) is 15.2 Å². The molecule has 0 amide bonds. The number of halogens is 4. The van der Waals surface area contributed by atoms with E-state index in [9.17, 15) is 13.2 Å². The highest BCUT2D eigenvalue weighted by atomic mass is 127. The van der Waals surface area contributed by atoms with Crippen molar-refractivity contribution in [1.29, 1.82) is 0 Å². The quantitative estimate of drug-likeness (QED) is 0.247. The first-order valence-electron chi connectivity index (χ1n) is 8.55. The third-order valence-electron chi connectivity index (χ3n) is 3.79. The maximum absolute atomic E-state index is 12.2. The molecule has 0 atom stereocenters. The minimum atomic E-state index is -4.36. The van der Waals surface area contributed by atoms with Gasteiger partial charge in [-0.25, -0.2) is 4.99 Å². The predicted molar refractivity (Wildman–Crippen MR) is 109 cm³/mol. The molecule has 0 bridgehead atoms. The van der Waals surface area contributed by atoms with E-state index >= 15 is 0 Å². The second kappa shape index (κ2) is 12.2. The first kappa shape index (κ1) is 23.8. The van der Waals surface area contributed by atoms with E-state index in [0.717, 1.165) is 44.8 Å². The molecule has 154 valence electrons. The van der Waals surface area contributed by atoms with Gasteiger partial charge in [0.1, 0.15) is 5.75 Å². The molecule has 0 unspecified atom stereocenters. The Kier molecular flexibility index (Phi) is 10.8. The average Bonchev–Trinajstić information content (AvgIpc) is 2.62. The van der Waals surface area contributed by atoms with E-state index < -0.39 is 12.8 Å². The van der Waals surface area contributed by atoms with Gasteiger partial charge in [0, 0.05) is 19.6 Å². The van der Waals surface area contributed by atoms with E-state index in [1.807, 2.05) is 0 Å². The summed E-state index contributed by atoms with van der Waals surface area (Å²) in [5.41, 5.74) is 6.54. The summed E-state index contributed by atoms with van der Waals surface area (Å²) in [6.07, 6.45) is -3.42. The number of aliphatic imine (C=N–C) groups is 1. The smallest absolute Gasteiger partial charge is 0.422 e. The summed E-state index contributed by atoms with van der Waals surface area (Å²) in [7, 11) is 0. The van der Waals surface area contributed by atoms with Crippen molar-refractivity contribution < 1.29 is 22.6 Å². The highest BCUT2D eigenvalue weighted by Gasteiger charge is 2.28. The van der Waals surface area contributed by atoms with E-state index in [4.69, 9.17) is 15.2 Å². The van der Waals surface area contributed by atoms with Gasteiger partial charge in [0.05, 0.1) is 19.8 Å². The normalized spacial score (nSPS) is 15.9. The summed E-state index contributed by atoms with van der Waals surface area (Å²) in [4.78, 5) is 6.54. The van der Waals surface area contributed by atoms with Crippen LogP contribution in [0.2, 0.25) is 0 Å². The fraction of sp³-hybridized carbons (Fsp3) is 0.588. The monoisotopic (exact) mass is 502 g/mol.